The molecular weight excluding hydrogens is 310 g/mol. The lowest BCUT2D eigenvalue weighted by atomic mass is 9.88. The molecule has 2 aromatic carbocycles. The van der Waals surface area contributed by atoms with Crippen molar-refractivity contribution in [3.05, 3.63) is 65.6 Å². The normalized spacial score (nSPS) is 13.8. The number of rotatable bonds is 7. The lowest BCUT2D eigenvalue weighted by Gasteiger charge is -2.20. The van der Waals surface area contributed by atoms with Gasteiger partial charge in [0.25, 0.3) is 0 Å². The van der Waals surface area contributed by atoms with Gasteiger partial charge < -0.3 is 9.84 Å². The molecule has 0 bridgehead atoms. The minimum atomic E-state index is 0.103. The van der Waals surface area contributed by atoms with Crippen LogP contribution in [0, 0.1) is 0 Å². The van der Waals surface area contributed by atoms with E-state index in [0.29, 0.717) is 12.5 Å². The van der Waals surface area contributed by atoms with Crippen LogP contribution >= 0.6 is 0 Å². The Hall–Kier alpha value is -2.55. The number of fused-ring (bicyclic) bond motifs is 1. The second-order valence-corrected chi connectivity index (χ2v) is 6.16. The third kappa shape index (κ3) is 4.50. The zero-order valence-corrected chi connectivity index (χ0v) is 15.5. The zero-order valence-electron chi connectivity index (χ0n) is 15.5. The Labute approximate surface area is 150 Å². The van der Waals surface area contributed by atoms with E-state index < -0.39 is 0 Å². The molecule has 0 aliphatic carbocycles. The number of phenolic OH excluding ortho intramolecular Hbond substituents is 1. The summed E-state index contributed by atoms with van der Waals surface area (Å²) in [4.78, 5) is 4.51. The average molecular weight is 337 g/mol. The van der Waals surface area contributed by atoms with Gasteiger partial charge in [-0.15, -0.1) is 0 Å². The fourth-order valence-corrected chi connectivity index (χ4v) is 2.92. The number of aliphatic imine (C=N–C) groups is 1. The molecule has 132 valence electrons. The van der Waals surface area contributed by atoms with Crippen LogP contribution in [0.4, 0.5) is 0 Å². The second kappa shape index (κ2) is 8.52. The fourth-order valence-electron chi connectivity index (χ4n) is 2.92. The molecule has 1 atom stereocenters. The van der Waals surface area contributed by atoms with Crippen LogP contribution in [0.1, 0.15) is 45.6 Å². The van der Waals surface area contributed by atoms with Crippen molar-refractivity contribution in [1.29, 1.82) is 0 Å². The first kappa shape index (κ1) is 18.8. The molecule has 2 aromatic rings. The Morgan fingerprint density at radius 2 is 1.88 bits per heavy atom. The summed E-state index contributed by atoms with van der Waals surface area (Å²) >= 11 is 0. The lowest BCUT2D eigenvalue weighted by Crippen LogP contribution is -2.05. The molecule has 2 rings (SSSR count). The van der Waals surface area contributed by atoms with Crippen molar-refractivity contribution in [2.75, 3.05) is 6.61 Å². The van der Waals surface area contributed by atoms with Crippen LogP contribution < -0.4 is 0 Å². The summed E-state index contributed by atoms with van der Waals surface area (Å²) in [5.74, 6) is 1.03. The molecule has 0 aromatic heterocycles. The maximum Gasteiger partial charge on any atom is 0.217 e. The van der Waals surface area contributed by atoms with Gasteiger partial charge in [-0.2, -0.15) is 0 Å². The van der Waals surface area contributed by atoms with Crippen molar-refractivity contribution in [3.8, 4) is 5.75 Å². The minimum absolute atomic E-state index is 0.103. The van der Waals surface area contributed by atoms with Crippen LogP contribution in [0.15, 0.2) is 65.0 Å². The molecule has 25 heavy (non-hydrogen) atoms. The van der Waals surface area contributed by atoms with Gasteiger partial charge in [-0.3, -0.25) is 0 Å². The first-order valence-electron chi connectivity index (χ1n) is 8.75. The molecule has 0 saturated heterocycles. The van der Waals surface area contributed by atoms with Crippen LogP contribution in [-0.2, 0) is 4.74 Å². The minimum Gasteiger partial charge on any atom is -0.508 e. The third-order valence-electron chi connectivity index (χ3n) is 4.14. The zero-order chi connectivity index (χ0) is 18.4. The van der Waals surface area contributed by atoms with Gasteiger partial charge in [0, 0.05) is 17.7 Å². The summed E-state index contributed by atoms with van der Waals surface area (Å²) in [5.41, 5.74) is 3.14. The Kier molecular flexibility index (Phi) is 6.40. The van der Waals surface area contributed by atoms with E-state index in [1.54, 1.807) is 12.1 Å². The monoisotopic (exact) mass is 337 g/mol. The summed E-state index contributed by atoms with van der Waals surface area (Å²) in [6.07, 6.45) is 2.72. The van der Waals surface area contributed by atoms with E-state index in [2.05, 4.69) is 37.6 Å². The van der Waals surface area contributed by atoms with Crippen molar-refractivity contribution in [2.24, 2.45) is 4.99 Å². The predicted molar refractivity (Wildman–Crippen MR) is 106 cm³/mol. The van der Waals surface area contributed by atoms with E-state index in [-0.39, 0.29) is 11.7 Å². The van der Waals surface area contributed by atoms with Crippen LogP contribution in [0.2, 0.25) is 0 Å². The summed E-state index contributed by atoms with van der Waals surface area (Å²) < 4.78 is 5.80. The fraction of sp³-hybridized carbons (Fsp3) is 0.318. The quantitative estimate of drug-likeness (QED) is 0.385. The molecule has 0 heterocycles. The molecule has 0 fully saturated rings. The maximum atomic E-state index is 9.63. The Morgan fingerprint density at radius 3 is 2.52 bits per heavy atom. The molecule has 0 spiro atoms. The highest BCUT2D eigenvalue weighted by molar-refractivity contribution is 5.84. The number of benzene rings is 2. The SMILES string of the molecule is C=C(C)/C(=C(\N=C/CC)OCC)C(C)c1ccc2cc(O)ccc2c1. The van der Waals surface area contributed by atoms with E-state index in [0.717, 1.165) is 28.3 Å². The van der Waals surface area contributed by atoms with Gasteiger partial charge >= 0.3 is 0 Å². The molecule has 1 N–H and O–H groups in total. The van der Waals surface area contributed by atoms with Crippen LogP contribution in [0.3, 0.4) is 0 Å². The maximum absolute atomic E-state index is 9.63. The topological polar surface area (TPSA) is 41.8 Å². The van der Waals surface area contributed by atoms with E-state index in [4.69, 9.17) is 4.74 Å². The van der Waals surface area contributed by atoms with Crippen LogP contribution in [0.25, 0.3) is 10.8 Å². The number of nitrogens with zero attached hydrogens (tertiary/aromatic N) is 1. The standard InChI is InChI=1S/C22H27NO2/c1-6-12-23-22(25-7-2)21(15(3)4)16(5)17-8-9-19-14-20(24)11-10-18(19)13-17/h8-14,16,24H,3,6-7H2,1-2,4-5H3/b22-21-,23-12-. The van der Waals surface area contributed by atoms with E-state index in [1.165, 1.54) is 5.56 Å². The van der Waals surface area contributed by atoms with Gasteiger partial charge in [-0.25, -0.2) is 4.99 Å². The van der Waals surface area contributed by atoms with Crippen LogP contribution in [-0.4, -0.2) is 17.9 Å². The molecule has 3 nitrogen and oxygen atoms in total. The molecule has 0 amide bonds. The summed E-state index contributed by atoms with van der Waals surface area (Å²) in [7, 11) is 0. The number of ether oxygens (including phenoxy) is 1. The van der Waals surface area contributed by atoms with E-state index >= 15 is 0 Å². The predicted octanol–water partition coefficient (Wildman–Crippen LogP) is 5.95. The Morgan fingerprint density at radius 1 is 1.20 bits per heavy atom. The summed E-state index contributed by atoms with van der Waals surface area (Å²) in [6.45, 7) is 12.9. The average Bonchev–Trinajstić information content (AvgIpc) is 2.58. The largest absolute Gasteiger partial charge is 0.508 e. The van der Waals surface area contributed by atoms with E-state index in [9.17, 15) is 5.11 Å². The van der Waals surface area contributed by atoms with Crippen molar-refractivity contribution in [3.63, 3.8) is 0 Å². The molecule has 0 aliphatic rings. The Balaban J connectivity index is 2.52. The van der Waals surface area contributed by atoms with Crippen molar-refractivity contribution < 1.29 is 9.84 Å². The van der Waals surface area contributed by atoms with Crippen molar-refractivity contribution in [1.82, 2.24) is 0 Å². The van der Waals surface area contributed by atoms with Gasteiger partial charge in [0.1, 0.15) is 5.75 Å². The lowest BCUT2D eigenvalue weighted by molar-refractivity contribution is 0.222. The third-order valence-corrected chi connectivity index (χ3v) is 4.14. The van der Waals surface area contributed by atoms with Crippen molar-refractivity contribution in [2.45, 2.75) is 40.0 Å². The Bertz CT molecular complexity index is 818. The van der Waals surface area contributed by atoms with E-state index in [1.807, 2.05) is 32.2 Å². The highest BCUT2D eigenvalue weighted by Gasteiger charge is 2.18. The van der Waals surface area contributed by atoms with Gasteiger partial charge in [0.2, 0.25) is 5.88 Å². The molecular formula is C22H27NO2. The molecule has 0 aliphatic heterocycles. The number of phenols is 1. The van der Waals surface area contributed by atoms with Gasteiger partial charge in [0.05, 0.1) is 6.61 Å². The van der Waals surface area contributed by atoms with Gasteiger partial charge in [-0.05, 0) is 54.3 Å². The smallest absolute Gasteiger partial charge is 0.217 e. The van der Waals surface area contributed by atoms with Crippen molar-refractivity contribution >= 4 is 17.0 Å². The molecule has 0 radical (unpaired) electrons. The summed E-state index contributed by atoms with van der Waals surface area (Å²) in [6, 6.07) is 11.7. The molecule has 0 saturated carbocycles. The van der Waals surface area contributed by atoms with Gasteiger partial charge in [0.15, 0.2) is 0 Å². The highest BCUT2D eigenvalue weighted by atomic mass is 16.5. The molecule has 1 unspecified atom stereocenters. The number of aromatic hydroxyl groups is 1. The summed E-state index contributed by atoms with van der Waals surface area (Å²) in [5, 5.41) is 11.7. The first-order valence-corrected chi connectivity index (χ1v) is 8.75. The number of hydrogen-bond acceptors (Lipinski definition) is 3. The second-order valence-electron chi connectivity index (χ2n) is 6.16. The highest BCUT2D eigenvalue weighted by Crippen LogP contribution is 2.34. The first-order chi connectivity index (χ1) is 12.0. The number of hydrogen-bond donors (Lipinski definition) is 1. The van der Waals surface area contributed by atoms with Gasteiger partial charge in [-0.1, -0.05) is 44.7 Å². The van der Waals surface area contributed by atoms with Crippen LogP contribution in [0.5, 0.6) is 5.75 Å². The molecule has 3 heteroatoms. The number of allylic oxidation sites excluding steroid dienone is 2.